The summed E-state index contributed by atoms with van der Waals surface area (Å²) in [6, 6.07) is -6.34. The minimum atomic E-state index is -1.56. The van der Waals surface area contributed by atoms with Gasteiger partial charge in [-0.2, -0.15) is 12.6 Å². The van der Waals surface area contributed by atoms with Crippen LogP contribution in [0.15, 0.2) is 12.5 Å². The third kappa shape index (κ3) is 13.2. The number of hydrogen-bond acceptors (Lipinski definition) is 11. The van der Waals surface area contributed by atoms with Crippen molar-refractivity contribution in [1.29, 1.82) is 0 Å². The van der Waals surface area contributed by atoms with Gasteiger partial charge in [0.1, 0.15) is 30.2 Å². The molecule has 1 aliphatic heterocycles. The summed E-state index contributed by atoms with van der Waals surface area (Å²) in [4.78, 5) is 103. The molecule has 1 saturated heterocycles. The van der Waals surface area contributed by atoms with E-state index < -0.39 is 84.6 Å². The average molecular weight is 658 g/mol. The molecule has 0 radical (unpaired) electrons. The second-order valence-electron chi connectivity index (χ2n) is 9.85. The van der Waals surface area contributed by atoms with Gasteiger partial charge in [-0.3, -0.25) is 38.4 Å². The molecule has 20 heteroatoms. The summed E-state index contributed by atoms with van der Waals surface area (Å²) < 4.78 is 0. The molecule has 1 aliphatic rings. The lowest BCUT2D eigenvalue weighted by Crippen LogP contribution is -2.60. The highest BCUT2D eigenvalue weighted by atomic mass is 32.1. The minimum absolute atomic E-state index is 0.0554. The van der Waals surface area contributed by atoms with E-state index in [1.807, 2.05) is 0 Å². The van der Waals surface area contributed by atoms with Crippen LogP contribution >= 0.6 is 12.6 Å². The van der Waals surface area contributed by atoms with Crippen LogP contribution in [-0.2, 0) is 44.8 Å². The molecule has 2 heterocycles. The molecule has 45 heavy (non-hydrogen) atoms. The fraction of sp³-hybridized carbons (Fsp3) is 0.560. The smallest absolute Gasteiger partial charge is 0.300 e. The minimum Gasteiger partial charge on any atom is -0.481 e. The van der Waals surface area contributed by atoms with Gasteiger partial charge in [0.25, 0.3) is 5.97 Å². The maximum Gasteiger partial charge on any atom is 0.300 e. The molecule has 0 spiro atoms. The van der Waals surface area contributed by atoms with Gasteiger partial charge >= 0.3 is 0 Å². The zero-order valence-corrected chi connectivity index (χ0v) is 25.5. The molecule has 0 unspecified atom stereocenters. The maximum atomic E-state index is 13.2. The Kier molecular flexibility index (Phi) is 16.0. The number of carbonyl (C=O) groups excluding carboxylic acids is 7. The van der Waals surface area contributed by atoms with Crippen molar-refractivity contribution in [3.05, 3.63) is 18.2 Å². The molecule has 2 rings (SSSR count). The van der Waals surface area contributed by atoms with Crippen molar-refractivity contribution in [3.63, 3.8) is 0 Å². The van der Waals surface area contributed by atoms with Crippen LogP contribution in [0.4, 0.5) is 0 Å². The number of aliphatic hydroxyl groups excluding tert-OH is 1. The first-order valence-electron chi connectivity index (χ1n) is 13.6. The van der Waals surface area contributed by atoms with Crippen molar-refractivity contribution in [3.8, 4) is 0 Å². The van der Waals surface area contributed by atoms with Crippen LogP contribution in [0.5, 0.6) is 0 Å². The summed E-state index contributed by atoms with van der Waals surface area (Å²) in [5.41, 5.74) is 10.7. The van der Waals surface area contributed by atoms with Crippen molar-refractivity contribution < 1.29 is 48.6 Å². The summed E-state index contributed by atoms with van der Waals surface area (Å²) in [6.45, 7) is 1.95. The second-order valence-corrected chi connectivity index (χ2v) is 10.2. The zero-order chi connectivity index (χ0) is 34.3. The number of aromatic nitrogens is 2. The number of nitrogens with two attached hydrogens (primary N) is 2. The number of primary amides is 2. The average Bonchev–Trinajstić information content (AvgIpc) is 3.65. The topological polar surface area (TPSA) is 309 Å². The quantitative estimate of drug-likeness (QED) is 0.0799. The Morgan fingerprint density at radius 2 is 1.53 bits per heavy atom. The normalized spacial score (nSPS) is 16.4. The zero-order valence-electron chi connectivity index (χ0n) is 24.6. The number of hydrogen-bond donors (Lipinski definition) is 10. The predicted octanol–water partition coefficient (Wildman–Crippen LogP) is -4.72. The number of nitrogens with one attached hydrogen (secondary N) is 5. The van der Waals surface area contributed by atoms with E-state index in [1.165, 1.54) is 24.3 Å². The van der Waals surface area contributed by atoms with E-state index >= 15 is 0 Å². The Bertz CT molecular complexity index is 1230. The van der Waals surface area contributed by atoms with Crippen molar-refractivity contribution >= 4 is 59.9 Å². The molecule has 1 aromatic rings. The number of imidazole rings is 1. The molecule has 5 atom stereocenters. The molecule has 0 bridgehead atoms. The van der Waals surface area contributed by atoms with Gasteiger partial charge in [-0.15, -0.1) is 0 Å². The molecule has 1 aromatic heterocycles. The van der Waals surface area contributed by atoms with Gasteiger partial charge in [0, 0.05) is 44.5 Å². The van der Waals surface area contributed by atoms with Gasteiger partial charge in [0.2, 0.25) is 41.4 Å². The number of carboxylic acids is 1. The number of carbonyl (C=O) groups is 8. The largest absolute Gasteiger partial charge is 0.481 e. The summed E-state index contributed by atoms with van der Waals surface area (Å²) in [7, 11) is 0. The first-order chi connectivity index (χ1) is 21.1. The van der Waals surface area contributed by atoms with Crippen molar-refractivity contribution in [2.45, 2.75) is 69.7 Å². The standard InChI is InChI=1S/C23H35N9O8S.C2H4O2/c1-11(34)32-4-2-3-17(32)23(40)29-14(5-12-7-26-10-27-12)20(37)30-15(8-33)21(38)31-16(9-41)22(39)28-13(19(25)36)6-18(24)35;1-2(3)4/h7,10,13-17,33,41H,2-6,8-9H2,1H3,(H2,24,35)(H2,25,36)(H,26,27)(H,28,39)(H,29,40)(H,30,37)(H,31,38);1H3,(H,3,4)/t13-,14-,15-,16-,17-;/m0./s1. The van der Waals surface area contributed by atoms with Gasteiger partial charge in [0.05, 0.1) is 19.4 Å². The summed E-state index contributed by atoms with van der Waals surface area (Å²) >= 11 is 4.01. The third-order valence-corrected chi connectivity index (χ3v) is 6.63. The van der Waals surface area contributed by atoms with Crippen LogP contribution < -0.4 is 32.7 Å². The lowest BCUT2D eigenvalue weighted by atomic mass is 10.1. The van der Waals surface area contributed by atoms with Crippen molar-refractivity contribution in [1.82, 2.24) is 36.1 Å². The number of aliphatic carboxylic acids is 1. The van der Waals surface area contributed by atoms with E-state index in [0.717, 1.165) is 6.92 Å². The number of aliphatic hydroxyl groups is 1. The Morgan fingerprint density at radius 3 is 2.02 bits per heavy atom. The molecule has 1 fully saturated rings. The number of amides is 7. The molecule has 0 saturated carbocycles. The Labute approximate surface area is 263 Å². The predicted molar refractivity (Wildman–Crippen MR) is 158 cm³/mol. The van der Waals surface area contributed by atoms with Gasteiger partial charge in [-0.05, 0) is 12.8 Å². The summed E-state index contributed by atoms with van der Waals surface area (Å²) in [6.07, 6.45) is 3.21. The maximum absolute atomic E-state index is 13.2. The van der Waals surface area contributed by atoms with Crippen LogP contribution in [-0.4, -0.2) is 122 Å². The van der Waals surface area contributed by atoms with Crippen molar-refractivity contribution in [2.24, 2.45) is 11.5 Å². The van der Waals surface area contributed by atoms with E-state index in [4.69, 9.17) is 21.4 Å². The molecular formula is C25H39N9O10S. The SMILES string of the molecule is CC(=O)N1CCC[C@H]1C(=O)N[C@@H](Cc1cnc[nH]1)C(=O)N[C@@H](CO)C(=O)N[C@@H](CS)C(=O)N[C@@H](CC(N)=O)C(N)=O.CC(=O)O. The van der Waals surface area contributed by atoms with Crippen LogP contribution in [0.1, 0.15) is 38.8 Å². The van der Waals surface area contributed by atoms with Gasteiger partial charge in [-0.1, -0.05) is 0 Å². The number of thiol groups is 1. The fourth-order valence-corrected chi connectivity index (χ4v) is 4.40. The van der Waals surface area contributed by atoms with Crippen LogP contribution in [0.25, 0.3) is 0 Å². The number of likely N-dealkylation sites (tertiary alicyclic amines) is 1. The van der Waals surface area contributed by atoms with E-state index in [1.54, 1.807) is 0 Å². The Morgan fingerprint density at radius 1 is 0.978 bits per heavy atom. The van der Waals surface area contributed by atoms with Crippen LogP contribution in [0, 0.1) is 0 Å². The number of nitrogens with zero attached hydrogens (tertiary/aromatic N) is 2. The van der Waals surface area contributed by atoms with Crippen molar-refractivity contribution in [2.75, 3.05) is 18.9 Å². The van der Waals surface area contributed by atoms with E-state index in [-0.39, 0.29) is 18.1 Å². The molecule has 7 amide bonds. The summed E-state index contributed by atoms with van der Waals surface area (Å²) in [5, 5.41) is 26.7. The second kappa shape index (κ2) is 18.8. The highest BCUT2D eigenvalue weighted by molar-refractivity contribution is 7.80. The molecular weight excluding hydrogens is 618 g/mol. The van der Waals surface area contributed by atoms with Crippen LogP contribution in [0.2, 0.25) is 0 Å². The van der Waals surface area contributed by atoms with Crippen LogP contribution in [0.3, 0.4) is 0 Å². The van der Waals surface area contributed by atoms with Gasteiger partial charge < -0.3 is 52.8 Å². The number of rotatable bonds is 15. The van der Waals surface area contributed by atoms with E-state index in [2.05, 4.69) is 43.9 Å². The summed E-state index contributed by atoms with van der Waals surface area (Å²) in [5.74, 6) is -6.61. The monoisotopic (exact) mass is 657 g/mol. The van der Waals surface area contributed by atoms with E-state index in [0.29, 0.717) is 25.1 Å². The first kappa shape index (κ1) is 38.3. The first-order valence-corrected chi connectivity index (χ1v) is 14.2. The highest BCUT2D eigenvalue weighted by Gasteiger charge is 2.36. The van der Waals surface area contributed by atoms with E-state index in [9.17, 15) is 38.7 Å². The Hall–Kier alpha value is -4.72. The lowest BCUT2D eigenvalue weighted by molar-refractivity contribution is -0.138. The molecule has 19 nitrogen and oxygen atoms in total. The fourth-order valence-electron chi connectivity index (χ4n) is 4.14. The van der Waals surface area contributed by atoms with Gasteiger partial charge in [-0.25, -0.2) is 4.98 Å². The molecule has 0 aliphatic carbocycles. The van der Waals surface area contributed by atoms with Gasteiger partial charge in [0.15, 0.2) is 0 Å². The number of H-pyrrole nitrogens is 1. The number of aromatic amines is 1. The molecule has 250 valence electrons. The molecule has 0 aromatic carbocycles. The highest BCUT2D eigenvalue weighted by Crippen LogP contribution is 2.17. The Balaban J connectivity index is 0.00000238. The third-order valence-electron chi connectivity index (χ3n) is 6.27. The molecule has 11 N–H and O–H groups in total. The number of carboxylic acid groups (broad SMARTS) is 1. The lowest BCUT2D eigenvalue weighted by Gasteiger charge is -2.27.